The van der Waals surface area contributed by atoms with E-state index >= 15 is 0 Å². The van der Waals surface area contributed by atoms with Crippen LogP contribution in [0.2, 0.25) is 0 Å². The van der Waals surface area contributed by atoms with Gasteiger partial charge in [0.05, 0.1) is 5.69 Å². The van der Waals surface area contributed by atoms with Crippen LogP contribution in [0.5, 0.6) is 0 Å². The van der Waals surface area contributed by atoms with Gasteiger partial charge in [-0.25, -0.2) is 4.98 Å². The van der Waals surface area contributed by atoms with Gasteiger partial charge in [-0.1, -0.05) is 27.7 Å². The fourth-order valence-corrected chi connectivity index (χ4v) is 2.83. The Balaban J connectivity index is 1.92. The Morgan fingerprint density at radius 2 is 2.22 bits per heavy atom. The number of thiazole rings is 1. The second-order valence-corrected chi connectivity index (χ2v) is 7.06. The molecule has 4 heteroatoms. The van der Waals surface area contributed by atoms with Crippen LogP contribution in [0, 0.1) is 11.3 Å². The van der Waals surface area contributed by atoms with Crippen LogP contribution in [0.25, 0.3) is 4.96 Å². The van der Waals surface area contributed by atoms with Crippen LogP contribution in [0.3, 0.4) is 0 Å². The third-order valence-corrected chi connectivity index (χ3v) is 3.73. The number of nitrogens with zero attached hydrogens (tertiary/aromatic N) is 2. The number of aromatic nitrogens is 2. The molecular weight excluding hydrogens is 242 g/mol. The predicted molar refractivity (Wildman–Crippen MR) is 78.3 cm³/mol. The standard InChI is InChI=1S/C14H23N3S/c1-11(2)8-15-10-14(3,4)7-12-9-17-5-6-18-13(17)16-12/h5-6,9,11,15H,7-8,10H2,1-4H3. The van der Waals surface area contributed by atoms with E-state index in [2.05, 4.69) is 60.2 Å². The topological polar surface area (TPSA) is 29.3 Å². The zero-order chi connectivity index (χ0) is 13.2. The van der Waals surface area contributed by atoms with Crippen molar-refractivity contribution in [3.05, 3.63) is 23.5 Å². The minimum absolute atomic E-state index is 0.249. The van der Waals surface area contributed by atoms with E-state index in [0.29, 0.717) is 5.92 Å². The van der Waals surface area contributed by atoms with Gasteiger partial charge in [-0.15, -0.1) is 11.3 Å². The third kappa shape index (κ3) is 3.56. The molecule has 0 spiro atoms. The molecule has 0 saturated carbocycles. The molecule has 1 N–H and O–H groups in total. The first-order valence-corrected chi connectivity index (χ1v) is 7.46. The highest BCUT2D eigenvalue weighted by molar-refractivity contribution is 7.15. The summed E-state index contributed by atoms with van der Waals surface area (Å²) in [5, 5.41) is 5.61. The van der Waals surface area contributed by atoms with E-state index in [-0.39, 0.29) is 5.41 Å². The molecule has 0 unspecified atom stereocenters. The van der Waals surface area contributed by atoms with Gasteiger partial charge in [0, 0.05) is 24.3 Å². The summed E-state index contributed by atoms with van der Waals surface area (Å²) in [4.78, 5) is 5.75. The molecule has 0 bridgehead atoms. The fourth-order valence-electron chi connectivity index (χ4n) is 2.11. The molecule has 0 fully saturated rings. The van der Waals surface area contributed by atoms with E-state index in [1.54, 1.807) is 11.3 Å². The van der Waals surface area contributed by atoms with Crippen LogP contribution in [-0.4, -0.2) is 22.5 Å². The lowest BCUT2D eigenvalue weighted by Crippen LogP contribution is -2.33. The molecule has 0 aromatic carbocycles. The van der Waals surface area contributed by atoms with E-state index in [4.69, 9.17) is 0 Å². The maximum Gasteiger partial charge on any atom is 0.193 e. The summed E-state index contributed by atoms with van der Waals surface area (Å²) in [5.74, 6) is 0.707. The van der Waals surface area contributed by atoms with Crippen molar-refractivity contribution in [2.24, 2.45) is 11.3 Å². The highest BCUT2D eigenvalue weighted by Gasteiger charge is 2.20. The Bertz CT molecular complexity index is 467. The van der Waals surface area contributed by atoms with E-state index in [0.717, 1.165) is 24.5 Å². The minimum Gasteiger partial charge on any atom is -0.316 e. The van der Waals surface area contributed by atoms with E-state index < -0.39 is 0 Å². The summed E-state index contributed by atoms with van der Waals surface area (Å²) in [6.07, 6.45) is 5.24. The molecule has 100 valence electrons. The lowest BCUT2D eigenvalue weighted by atomic mass is 9.88. The average molecular weight is 265 g/mol. The molecular formula is C14H23N3S. The van der Waals surface area contributed by atoms with Gasteiger partial charge < -0.3 is 5.32 Å². The normalized spacial score (nSPS) is 12.7. The Morgan fingerprint density at radius 1 is 1.44 bits per heavy atom. The molecule has 0 amide bonds. The van der Waals surface area contributed by atoms with Crippen molar-refractivity contribution in [2.75, 3.05) is 13.1 Å². The number of imidazole rings is 1. The lowest BCUT2D eigenvalue weighted by molar-refractivity contribution is 0.328. The van der Waals surface area contributed by atoms with Crippen molar-refractivity contribution >= 4 is 16.3 Å². The summed E-state index contributed by atoms with van der Waals surface area (Å²) >= 11 is 1.69. The fraction of sp³-hybridized carbons (Fsp3) is 0.643. The van der Waals surface area contributed by atoms with E-state index in [1.807, 2.05) is 0 Å². The molecule has 0 radical (unpaired) electrons. The van der Waals surface area contributed by atoms with Crippen LogP contribution in [-0.2, 0) is 6.42 Å². The quantitative estimate of drug-likeness (QED) is 0.869. The zero-order valence-electron chi connectivity index (χ0n) is 11.7. The average Bonchev–Trinajstić information content (AvgIpc) is 2.75. The largest absolute Gasteiger partial charge is 0.316 e. The summed E-state index contributed by atoms with van der Waals surface area (Å²) in [7, 11) is 0. The Morgan fingerprint density at radius 3 is 2.89 bits per heavy atom. The van der Waals surface area contributed by atoms with Gasteiger partial charge in [0.25, 0.3) is 0 Å². The van der Waals surface area contributed by atoms with Gasteiger partial charge in [-0.05, 0) is 24.3 Å². The molecule has 0 aliphatic heterocycles. The van der Waals surface area contributed by atoms with Gasteiger partial charge in [0.15, 0.2) is 4.96 Å². The Labute approximate surface area is 113 Å². The van der Waals surface area contributed by atoms with Gasteiger partial charge in [-0.3, -0.25) is 4.40 Å². The highest BCUT2D eigenvalue weighted by Crippen LogP contribution is 2.22. The summed E-state index contributed by atoms with van der Waals surface area (Å²) in [5.41, 5.74) is 1.44. The molecule has 3 nitrogen and oxygen atoms in total. The SMILES string of the molecule is CC(C)CNCC(C)(C)Cc1cn2ccsc2n1. The van der Waals surface area contributed by atoms with Crippen molar-refractivity contribution in [3.8, 4) is 0 Å². The number of fused-ring (bicyclic) bond motifs is 1. The predicted octanol–water partition coefficient (Wildman–Crippen LogP) is 3.21. The van der Waals surface area contributed by atoms with E-state index in [9.17, 15) is 0 Å². The van der Waals surface area contributed by atoms with Gasteiger partial charge in [0.1, 0.15) is 0 Å². The van der Waals surface area contributed by atoms with Crippen molar-refractivity contribution < 1.29 is 0 Å². The molecule has 0 atom stereocenters. The monoisotopic (exact) mass is 265 g/mol. The summed E-state index contributed by atoms with van der Waals surface area (Å²) in [6, 6.07) is 0. The summed E-state index contributed by atoms with van der Waals surface area (Å²) < 4.78 is 2.11. The van der Waals surface area contributed by atoms with Crippen LogP contribution in [0.4, 0.5) is 0 Å². The second-order valence-electron chi connectivity index (χ2n) is 6.19. The second kappa shape index (κ2) is 5.41. The molecule has 2 heterocycles. The maximum absolute atomic E-state index is 4.65. The first-order chi connectivity index (χ1) is 8.46. The van der Waals surface area contributed by atoms with Crippen molar-refractivity contribution in [3.63, 3.8) is 0 Å². The van der Waals surface area contributed by atoms with Gasteiger partial charge in [0.2, 0.25) is 0 Å². The third-order valence-electron chi connectivity index (χ3n) is 2.96. The molecule has 0 aliphatic carbocycles. The molecule has 18 heavy (non-hydrogen) atoms. The van der Waals surface area contributed by atoms with E-state index in [1.165, 1.54) is 5.69 Å². The van der Waals surface area contributed by atoms with Gasteiger partial charge >= 0.3 is 0 Å². The molecule has 2 aromatic rings. The number of nitrogens with one attached hydrogen (secondary N) is 1. The summed E-state index contributed by atoms with van der Waals surface area (Å²) in [6.45, 7) is 11.2. The molecule has 0 saturated heterocycles. The van der Waals surface area contributed by atoms with Crippen LogP contribution >= 0.6 is 11.3 Å². The smallest absolute Gasteiger partial charge is 0.193 e. The minimum atomic E-state index is 0.249. The first-order valence-electron chi connectivity index (χ1n) is 6.58. The van der Waals surface area contributed by atoms with Crippen LogP contribution in [0.1, 0.15) is 33.4 Å². The number of hydrogen-bond acceptors (Lipinski definition) is 3. The lowest BCUT2D eigenvalue weighted by Gasteiger charge is -2.24. The Hall–Kier alpha value is -0.870. The molecule has 2 rings (SSSR count). The Kier molecular flexibility index (Phi) is 4.07. The molecule has 0 aliphatic rings. The first kappa shape index (κ1) is 13.6. The van der Waals surface area contributed by atoms with Gasteiger partial charge in [-0.2, -0.15) is 0 Å². The van der Waals surface area contributed by atoms with Crippen LogP contribution in [0.15, 0.2) is 17.8 Å². The van der Waals surface area contributed by atoms with Crippen LogP contribution < -0.4 is 5.32 Å². The van der Waals surface area contributed by atoms with Crippen molar-refractivity contribution in [1.82, 2.24) is 14.7 Å². The van der Waals surface area contributed by atoms with Crippen molar-refractivity contribution in [2.45, 2.75) is 34.1 Å². The highest BCUT2D eigenvalue weighted by atomic mass is 32.1. The molecule has 2 aromatic heterocycles. The maximum atomic E-state index is 4.65. The number of rotatable bonds is 6. The number of hydrogen-bond donors (Lipinski definition) is 1. The zero-order valence-corrected chi connectivity index (χ0v) is 12.5. The van der Waals surface area contributed by atoms with Crippen molar-refractivity contribution in [1.29, 1.82) is 0 Å².